The number of carboxylic acids is 1. The first kappa shape index (κ1) is 19.3. The molecular weight excluding hydrogens is 340 g/mol. The van der Waals surface area contributed by atoms with E-state index in [0.29, 0.717) is 24.5 Å². The van der Waals surface area contributed by atoms with E-state index in [0.717, 1.165) is 12.8 Å². The molecule has 1 saturated heterocycles. The van der Waals surface area contributed by atoms with Crippen LogP contribution in [-0.4, -0.2) is 50.0 Å². The molecule has 0 unspecified atom stereocenters. The lowest BCUT2D eigenvalue weighted by molar-refractivity contribution is -0.139. The van der Waals surface area contributed by atoms with Gasteiger partial charge in [-0.15, -0.1) is 0 Å². The van der Waals surface area contributed by atoms with Crippen molar-refractivity contribution in [2.45, 2.75) is 18.9 Å². The molecule has 0 spiro atoms. The topological polar surface area (TPSA) is 118 Å². The van der Waals surface area contributed by atoms with Crippen molar-refractivity contribution >= 4 is 18.0 Å². The second-order valence-electron chi connectivity index (χ2n) is 5.61. The normalized spacial score (nSPS) is 16.6. The van der Waals surface area contributed by atoms with Crippen LogP contribution in [-0.2, 0) is 14.3 Å². The van der Waals surface area contributed by atoms with Crippen LogP contribution in [0, 0.1) is 11.3 Å². The predicted molar refractivity (Wildman–Crippen MR) is 91.7 cm³/mol. The molecule has 1 heterocycles. The lowest BCUT2D eigenvalue weighted by Gasteiger charge is -2.11. The molecule has 26 heavy (non-hydrogen) atoms. The molecule has 8 heteroatoms. The quantitative estimate of drug-likeness (QED) is 0.531. The molecule has 1 fully saturated rings. The molecule has 0 radical (unpaired) electrons. The third kappa shape index (κ3) is 5.50. The van der Waals surface area contributed by atoms with Crippen molar-refractivity contribution < 1.29 is 28.9 Å². The summed E-state index contributed by atoms with van der Waals surface area (Å²) >= 11 is 0. The number of carbonyl (C=O) groups excluding carboxylic acids is 1. The number of benzene rings is 1. The largest absolute Gasteiger partial charge is 0.493 e. The van der Waals surface area contributed by atoms with Crippen molar-refractivity contribution in [3.05, 3.63) is 29.3 Å². The Morgan fingerprint density at radius 3 is 2.88 bits per heavy atom. The van der Waals surface area contributed by atoms with Crippen molar-refractivity contribution in [1.29, 1.82) is 5.26 Å². The van der Waals surface area contributed by atoms with Gasteiger partial charge < -0.3 is 24.6 Å². The highest BCUT2D eigenvalue weighted by Crippen LogP contribution is 2.29. The summed E-state index contributed by atoms with van der Waals surface area (Å²) in [7, 11) is 1.41. The van der Waals surface area contributed by atoms with Gasteiger partial charge in [-0.2, -0.15) is 5.26 Å². The third-order valence-corrected chi connectivity index (χ3v) is 3.73. The van der Waals surface area contributed by atoms with Crippen molar-refractivity contribution in [3.8, 4) is 17.6 Å². The number of aliphatic carboxylic acids is 1. The van der Waals surface area contributed by atoms with E-state index >= 15 is 0 Å². The van der Waals surface area contributed by atoms with Gasteiger partial charge in [0.2, 0.25) is 0 Å². The third-order valence-electron chi connectivity index (χ3n) is 3.73. The average Bonchev–Trinajstić information content (AvgIpc) is 3.16. The standard InChI is InChI=1S/C18H20N2O6/c1-24-16-8-12(4-5-15(16)26-11-17(21)22)7-13(9-19)18(23)20-10-14-3-2-6-25-14/h4-5,7-8,14H,2-3,6,10-11H2,1H3,(H,20,23)(H,21,22)/b13-7+/t14-/m1/s1. The second kappa shape index (κ2) is 9.44. The van der Waals surface area contributed by atoms with Gasteiger partial charge in [-0.25, -0.2) is 4.79 Å². The maximum Gasteiger partial charge on any atom is 0.341 e. The number of nitrogens with zero attached hydrogens (tertiary/aromatic N) is 1. The number of hydrogen-bond donors (Lipinski definition) is 2. The fourth-order valence-electron chi connectivity index (χ4n) is 2.46. The van der Waals surface area contributed by atoms with E-state index in [1.165, 1.54) is 19.3 Å². The van der Waals surface area contributed by atoms with E-state index < -0.39 is 18.5 Å². The maximum atomic E-state index is 12.2. The summed E-state index contributed by atoms with van der Waals surface area (Å²) in [5.74, 6) is -1.02. The minimum atomic E-state index is -1.11. The van der Waals surface area contributed by atoms with Gasteiger partial charge in [0.05, 0.1) is 13.2 Å². The van der Waals surface area contributed by atoms with Crippen LogP contribution in [0.15, 0.2) is 23.8 Å². The molecule has 0 bridgehead atoms. The van der Waals surface area contributed by atoms with Crippen LogP contribution in [0.3, 0.4) is 0 Å². The van der Waals surface area contributed by atoms with Crippen molar-refractivity contribution in [2.24, 2.45) is 0 Å². The average molecular weight is 360 g/mol. The summed E-state index contributed by atoms with van der Waals surface area (Å²) in [5, 5.41) is 20.6. The van der Waals surface area contributed by atoms with Crippen molar-refractivity contribution in [2.75, 3.05) is 26.9 Å². The fourth-order valence-corrected chi connectivity index (χ4v) is 2.46. The Bertz CT molecular complexity index is 732. The van der Waals surface area contributed by atoms with Gasteiger partial charge >= 0.3 is 5.97 Å². The molecule has 1 aliphatic heterocycles. The molecule has 1 aliphatic rings. The smallest absolute Gasteiger partial charge is 0.341 e. The number of carbonyl (C=O) groups is 2. The highest BCUT2D eigenvalue weighted by Gasteiger charge is 2.17. The summed E-state index contributed by atoms with van der Waals surface area (Å²) in [6.45, 7) is 0.557. The van der Waals surface area contributed by atoms with Gasteiger partial charge in [-0.05, 0) is 36.6 Å². The molecule has 8 nitrogen and oxygen atoms in total. The number of nitrogens with one attached hydrogen (secondary N) is 1. The lowest BCUT2D eigenvalue weighted by atomic mass is 10.1. The van der Waals surface area contributed by atoms with E-state index in [1.807, 2.05) is 6.07 Å². The summed E-state index contributed by atoms with van der Waals surface area (Å²) in [6.07, 6.45) is 3.27. The summed E-state index contributed by atoms with van der Waals surface area (Å²) in [4.78, 5) is 22.7. The minimum Gasteiger partial charge on any atom is -0.493 e. The number of methoxy groups -OCH3 is 1. The zero-order valence-electron chi connectivity index (χ0n) is 14.4. The number of ether oxygens (including phenoxy) is 3. The molecule has 0 aromatic heterocycles. The number of amides is 1. The Balaban J connectivity index is 2.07. The van der Waals surface area contributed by atoms with E-state index in [4.69, 9.17) is 19.3 Å². The molecule has 1 aromatic carbocycles. The molecule has 2 rings (SSSR count). The predicted octanol–water partition coefficient (Wildman–Crippen LogP) is 1.36. The van der Waals surface area contributed by atoms with Gasteiger partial charge in [-0.3, -0.25) is 4.79 Å². The lowest BCUT2D eigenvalue weighted by Crippen LogP contribution is -2.32. The SMILES string of the molecule is COc1cc(/C=C(\C#N)C(=O)NC[C@H]2CCCO2)ccc1OCC(=O)O. The molecule has 2 N–H and O–H groups in total. The van der Waals surface area contributed by atoms with E-state index in [9.17, 15) is 14.9 Å². The van der Waals surface area contributed by atoms with Crippen LogP contribution >= 0.6 is 0 Å². The van der Waals surface area contributed by atoms with Gasteiger partial charge in [0, 0.05) is 13.2 Å². The first-order chi connectivity index (χ1) is 12.5. The number of rotatable bonds is 8. The first-order valence-electron chi connectivity index (χ1n) is 8.07. The Morgan fingerprint density at radius 2 is 2.27 bits per heavy atom. The minimum absolute atomic E-state index is 0.00958. The molecular formula is C18H20N2O6. The van der Waals surface area contributed by atoms with Crippen molar-refractivity contribution in [1.82, 2.24) is 5.32 Å². The highest BCUT2D eigenvalue weighted by molar-refractivity contribution is 6.01. The Hall–Kier alpha value is -3.05. The summed E-state index contributed by atoms with van der Waals surface area (Å²) in [6, 6.07) is 6.56. The zero-order valence-corrected chi connectivity index (χ0v) is 14.4. The number of hydrogen-bond acceptors (Lipinski definition) is 6. The molecule has 0 aliphatic carbocycles. The Morgan fingerprint density at radius 1 is 1.46 bits per heavy atom. The molecule has 1 amide bonds. The maximum absolute atomic E-state index is 12.2. The fraction of sp³-hybridized carbons (Fsp3) is 0.389. The van der Waals surface area contributed by atoms with Crippen LogP contribution in [0.2, 0.25) is 0 Å². The van der Waals surface area contributed by atoms with E-state index in [2.05, 4.69) is 5.32 Å². The van der Waals surface area contributed by atoms with Crippen LogP contribution in [0.25, 0.3) is 6.08 Å². The molecule has 138 valence electrons. The number of carboxylic acid groups (broad SMARTS) is 1. The van der Waals surface area contributed by atoms with E-state index in [1.54, 1.807) is 12.1 Å². The van der Waals surface area contributed by atoms with E-state index in [-0.39, 0.29) is 17.4 Å². The molecule has 0 saturated carbocycles. The zero-order chi connectivity index (χ0) is 18.9. The van der Waals surface area contributed by atoms with Gasteiger partial charge in [0.15, 0.2) is 18.1 Å². The van der Waals surface area contributed by atoms with Crippen molar-refractivity contribution in [3.63, 3.8) is 0 Å². The molecule has 1 aromatic rings. The second-order valence-corrected chi connectivity index (χ2v) is 5.61. The van der Waals surface area contributed by atoms with Gasteiger partial charge in [-0.1, -0.05) is 6.07 Å². The van der Waals surface area contributed by atoms with Crippen LogP contribution in [0.5, 0.6) is 11.5 Å². The van der Waals surface area contributed by atoms with Gasteiger partial charge in [0.1, 0.15) is 11.6 Å². The van der Waals surface area contributed by atoms with Crippen LogP contribution in [0.1, 0.15) is 18.4 Å². The first-order valence-corrected chi connectivity index (χ1v) is 8.07. The Labute approximate surface area is 151 Å². The summed E-state index contributed by atoms with van der Waals surface area (Å²) < 4.78 is 15.7. The summed E-state index contributed by atoms with van der Waals surface area (Å²) in [5.41, 5.74) is 0.498. The van der Waals surface area contributed by atoms with Crippen LogP contribution < -0.4 is 14.8 Å². The molecule has 1 atom stereocenters. The highest BCUT2D eigenvalue weighted by atomic mass is 16.5. The van der Waals surface area contributed by atoms with Gasteiger partial charge in [0.25, 0.3) is 5.91 Å². The Kier molecular flexibility index (Phi) is 7.00. The monoisotopic (exact) mass is 360 g/mol. The number of nitriles is 1. The van der Waals surface area contributed by atoms with Crippen LogP contribution in [0.4, 0.5) is 0 Å².